The molecule has 0 bridgehead atoms. The molecule has 5 nitrogen and oxygen atoms in total. The van der Waals surface area contributed by atoms with E-state index < -0.39 is 10.0 Å². The molecule has 122 valence electrons. The van der Waals surface area contributed by atoms with Crippen molar-refractivity contribution in [2.45, 2.75) is 43.5 Å². The number of sulfonamides is 1. The topological polar surface area (TPSA) is 61.4 Å². The molecule has 1 atom stereocenters. The molecule has 21 heavy (non-hydrogen) atoms. The summed E-state index contributed by atoms with van der Waals surface area (Å²) in [6.45, 7) is 6.54. The Morgan fingerprint density at radius 2 is 2.05 bits per heavy atom. The van der Waals surface area contributed by atoms with Gasteiger partial charge in [0.15, 0.2) is 0 Å². The second-order valence-corrected chi connectivity index (χ2v) is 8.62. The lowest BCUT2D eigenvalue weighted by molar-refractivity contribution is 0.379. The Balaban J connectivity index is 2.57. The van der Waals surface area contributed by atoms with Gasteiger partial charge in [-0.15, -0.1) is 11.3 Å². The minimum Gasteiger partial charge on any atom is -0.312 e. The number of nitrogens with zero attached hydrogens (tertiary/aromatic N) is 1. The molecule has 1 rings (SSSR count). The van der Waals surface area contributed by atoms with Crippen LogP contribution in [0.15, 0.2) is 16.3 Å². The first kappa shape index (κ1) is 18.6. The number of rotatable bonds is 10. The average Bonchev–Trinajstić information content (AvgIpc) is 2.86. The predicted octanol–water partition coefficient (Wildman–Crippen LogP) is 1.87. The fourth-order valence-corrected chi connectivity index (χ4v) is 4.44. The maximum Gasteiger partial charge on any atom is 0.250 e. The summed E-state index contributed by atoms with van der Waals surface area (Å²) < 4.78 is 27.7. The van der Waals surface area contributed by atoms with Crippen LogP contribution < -0.4 is 10.0 Å². The standard InChI is InChI=1S/C14H27N3O2S2/c1-5-9-15-11-13-6-7-14(20-13)21(18,19)16-12(2)8-10-17(3)4/h6-7,12,15-16H,5,8-11H2,1-4H3. The molecule has 0 amide bonds. The van der Waals surface area contributed by atoms with Gasteiger partial charge in [-0.2, -0.15) is 0 Å². The number of thiophene rings is 1. The lowest BCUT2D eigenvalue weighted by Gasteiger charge is -2.16. The van der Waals surface area contributed by atoms with Gasteiger partial charge in [0.2, 0.25) is 10.0 Å². The van der Waals surface area contributed by atoms with Crippen LogP contribution in [0.4, 0.5) is 0 Å². The van der Waals surface area contributed by atoms with Crippen molar-refractivity contribution in [3.63, 3.8) is 0 Å². The first-order chi connectivity index (χ1) is 9.85. The van der Waals surface area contributed by atoms with Crippen LogP contribution in [0, 0.1) is 0 Å². The Morgan fingerprint density at radius 3 is 2.67 bits per heavy atom. The molecule has 2 N–H and O–H groups in total. The Morgan fingerprint density at radius 1 is 1.33 bits per heavy atom. The van der Waals surface area contributed by atoms with Crippen molar-refractivity contribution in [1.29, 1.82) is 0 Å². The zero-order valence-corrected chi connectivity index (χ0v) is 15.0. The zero-order chi connectivity index (χ0) is 15.9. The highest BCUT2D eigenvalue weighted by Crippen LogP contribution is 2.21. The predicted molar refractivity (Wildman–Crippen MR) is 89.3 cm³/mol. The fraction of sp³-hybridized carbons (Fsp3) is 0.714. The maximum absolute atomic E-state index is 12.3. The number of nitrogens with one attached hydrogen (secondary N) is 2. The molecular formula is C14H27N3O2S2. The highest BCUT2D eigenvalue weighted by molar-refractivity contribution is 7.91. The van der Waals surface area contributed by atoms with Gasteiger partial charge in [-0.3, -0.25) is 0 Å². The molecule has 1 unspecified atom stereocenters. The fourth-order valence-electron chi connectivity index (χ4n) is 1.82. The molecule has 0 aliphatic heterocycles. The quantitative estimate of drug-likeness (QED) is 0.642. The Kier molecular flexibility index (Phi) is 7.83. The molecule has 0 aromatic carbocycles. The van der Waals surface area contributed by atoms with Crippen LogP contribution in [0.2, 0.25) is 0 Å². The van der Waals surface area contributed by atoms with Gasteiger partial charge in [-0.1, -0.05) is 6.92 Å². The molecule has 1 aromatic heterocycles. The summed E-state index contributed by atoms with van der Waals surface area (Å²) in [5.41, 5.74) is 0. The van der Waals surface area contributed by atoms with E-state index in [1.807, 2.05) is 32.0 Å². The van der Waals surface area contributed by atoms with E-state index in [1.165, 1.54) is 11.3 Å². The van der Waals surface area contributed by atoms with Crippen molar-refractivity contribution in [2.75, 3.05) is 27.2 Å². The third-order valence-electron chi connectivity index (χ3n) is 2.99. The third-order valence-corrected chi connectivity index (χ3v) is 6.16. The summed E-state index contributed by atoms with van der Waals surface area (Å²) in [4.78, 5) is 3.10. The van der Waals surface area contributed by atoms with Crippen LogP contribution in [0.3, 0.4) is 0 Å². The van der Waals surface area contributed by atoms with E-state index in [0.29, 0.717) is 4.21 Å². The first-order valence-corrected chi connectivity index (χ1v) is 9.61. The molecule has 7 heteroatoms. The Bertz CT molecular complexity index is 512. The van der Waals surface area contributed by atoms with Gasteiger partial charge < -0.3 is 10.2 Å². The van der Waals surface area contributed by atoms with Gasteiger partial charge in [0.25, 0.3) is 0 Å². The summed E-state index contributed by atoms with van der Waals surface area (Å²) in [6.07, 6.45) is 1.87. The summed E-state index contributed by atoms with van der Waals surface area (Å²) in [5, 5.41) is 3.28. The van der Waals surface area contributed by atoms with Gasteiger partial charge in [0.1, 0.15) is 4.21 Å². The van der Waals surface area contributed by atoms with Crippen LogP contribution >= 0.6 is 11.3 Å². The lowest BCUT2D eigenvalue weighted by Crippen LogP contribution is -2.34. The molecule has 0 aliphatic rings. The number of hydrogen-bond donors (Lipinski definition) is 2. The molecule has 0 radical (unpaired) electrons. The minimum atomic E-state index is -3.39. The van der Waals surface area contributed by atoms with Gasteiger partial charge in [0, 0.05) is 17.5 Å². The van der Waals surface area contributed by atoms with E-state index in [1.54, 1.807) is 6.07 Å². The van der Waals surface area contributed by atoms with E-state index >= 15 is 0 Å². The van der Waals surface area contributed by atoms with Crippen LogP contribution in [0.5, 0.6) is 0 Å². The Hall–Kier alpha value is -0.470. The highest BCUT2D eigenvalue weighted by atomic mass is 32.2. The second-order valence-electron chi connectivity index (χ2n) is 5.51. The second kappa shape index (κ2) is 8.85. The largest absolute Gasteiger partial charge is 0.312 e. The molecule has 1 aromatic rings. The maximum atomic E-state index is 12.3. The van der Waals surface area contributed by atoms with E-state index in [2.05, 4.69) is 17.0 Å². The lowest BCUT2D eigenvalue weighted by atomic mass is 10.2. The van der Waals surface area contributed by atoms with E-state index in [9.17, 15) is 8.42 Å². The average molecular weight is 334 g/mol. The molecule has 0 aliphatic carbocycles. The SMILES string of the molecule is CCCNCc1ccc(S(=O)(=O)NC(C)CCN(C)C)s1. The molecule has 0 saturated carbocycles. The van der Waals surface area contributed by atoms with Crippen LogP contribution in [-0.2, 0) is 16.6 Å². The summed E-state index contributed by atoms with van der Waals surface area (Å²) in [6, 6.07) is 3.50. The van der Waals surface area contributed by atoms with Crippen molar-refractivity contribution in [1.82, 2.24) is 14.9 Å². The minimum absolute atomic E-state index is 0.0684. The monoisotopic (exact) mass is 333 g/mol. The summed E-state index contributed by atoms with van der Waals surface area (Å²) in [7, 11) is 0.569. The van der Waals surface area contributed by atoms with Crippen molar-refractivity contribution in [3.05, 3.63) is 17.0 Å². The normalized spacial score (nSPS) is 13.8. The molecule has 0 fully saturated rings. The van der Waals surface area contributed by atoms with Crippen molar-refractivity contribution >= 4 is 21.4 Å². The van der Waals surface area contributed by atoms with Crippen molar-refractivity contribution in [3.8, 4) is 0 Å². The van der Waals surface area contributed by atoms with Gasteiger partial charge >= 0.3 is 0 Å². The third kappa shape index (κ3) is 6.88. The van der Waals surface area contributed by atoms with Gasteiger partial charge in [-0.25, -0.2) is 13.1 Å². The van der Waals surface area contributed by atoms with Gasteiger partial charge in [-0.05, 0) is 59.1 Å². The molecule has 0 saturated heterocycles. The zero-order valence-electron chi connectivity index (χ0n) is 13.3. The van der Waals surface area contributed by atoms with E-state index in [-0.39, 0.29) is 6.04 Å². The summed E-state index contributed by atoms with van der Waals surface area (Å²) >= 11 is 1.33. The van der Waals surface area contributed by atoms with Crippen molar-refractivity contribution < 1.29 is 8.42 Å². The van der Waals surface area contributed by atoms with E-state index in [4.69, 9.17) is 0 Å². The number of hydrogen-bond acceptors (Lipinski definition) is 5. The van der Waals surface area contributed by atoms with Crippen LogP contribution in [-0.4, -0.2) is 46.5 Å². The van der Waals surface area contributed by atoms with Crippen molar-refractivity contribution in [2.24, 2.45) is 0 Å². The molecular weight excluding hydrogens is 306 g/mol. The van der Waals surface area contributed by atoms with Crippen LogP contribution in [0.1, 0.15) is 31.6 Å². The van der Waals surface area contributed by atoms with Crippen LogP contribution in [0.25, 0.3) is 0 Å². The molecule has 1 heterocycles. The van der Waals surface area contributed by atoms with Gasteiger partial charge in [0.05, 0.1) is 0 Å². The Labute approximate surface area is 132 Å². The highest BCUT2D eigenvalue weighted by Gasteiger charge is 2.19. The molecule has 0 spiro atoms. The summed E-state index contributed by atoms with van der Waals surface area (Å²) in [5.74, 6) is 0. The first-order valence-electron chi connectivity index (χ1n) is 7.31. The van der Waals surface area contributed by atoms with E-state index in [0.717, 1.165) is 37.4 Å². The smallest absolute Gasteiger partial charge is 0.250 e.